The van der Waals surface area contributed by atoms with Crippen molar-refractivity contribution in [2.24, 2.45) is 5.73 Å². The summed E-state index contributed by atoms with van der Waals surface area (Å²) in [5.41, 5.74) is 7.16. The largest absolute Gasteiger partial charge is 0.324 e. The van der Waals surface area contributed by atoms with E-state index in [1.54, 1.807) is 0 Å². The Morgan fingerprint density at radius 3 is 2.70 bits per heavy atom. The number of hydrogen-bond acceptors (Lipinski definition) is 4. The fourth-order valence-electron chi connectivity index (χ4n) is 2.53. The molecule has 0 bridgehead atoms. The highest BCUT2D eigenvalue weighted by Crippen LogP contribution is 2.51. The maximum atomic E-state index is 5.73. The van der Waals surface area contributed by atoms with Crippen molar-refractivity contribution in [2.45, 2.75) is 49.2 Å². The third-order valence-electron chi connectivity index (χ3n) is 3.65. The van der Waals surface area contributed by atoms with E-state index in [9.17, 15) is 0 Å². The maximum absolute atomic E-state index is 5.73. The van der Waals surface area contributed by atoms with Crippen molar-refractivity contribution in [3.63, 3.8) is 0 Å². The molecule has 106 valence electrons. The smallest absolute Gasteiger partial charge is 0.191 e. The van der Waals surface area contributed by atoms with Crippen molar-refractivity contribution in [2.75, 3.05) is 0 Å². The van der Waals surface area contributed by atoms with Crippen LogP contribution >= 0.6 is 11.8 Å². The minimum Gasteiger partial charge on any atom is -0.324 e. The number of thioether (sulfide) groups is 1. The van der Waals surface area contributed by atoms with Crippen LogP contribution in [-0.4, -0.2) is 20.0 Å². The molecule has 1 saturated carbocycles. The Hall–Kier alpha value is -1.33. The quantitative estimate of drug-likeness (QED) is 0.919. The van der Waals surface area contributed by atoms with Crippen molar-refractivity contribution in [1.29, 1.82) is 0 Å². The summed E-state index contributed by atoms with van der Waals surface area (Å²) in [4.78, 5) is 0. The van der Waals surface area contributed by atoms with Gasteiger partial charge in [0.05, 0.1) is 6.54 Å². The Morgan fingerprint density at radius 1 is 1.30 bits per heavy atom. The van der Waals surface area contributed by atoms with Crippen molar-refractivity contribution in [3.8, 4) is 0 Å². The van der Waals surface area contributed by atoms with E-state index >= 15 is 0 Å². The lowest BCUT2D eigenvalue weighted by Crippen LogP contribution is -2.11. The highest BCUT2D eigenvalue weighted by Gasteiger charge is 2.40. The van der Waals surface area contributed by atoms with Gasteiger partial charge in [0.2, 0.25) is 0 Å². The van der Waals surface area contributed by atoms with Gasteiger partial charge in [0, 0.05) is 11.3 Å². The average molecular weight is 288 g/mol. The van der Waals surface area contributed by atoms with Gasteiger partial charge >= 0.3 is 0 Å². The number of rotatable bonds is 5. The summed E-state index contributed by atoms with van der Waals surface area (Å²) in [6.45, 7) is 4.74. The van der Waals surface area contributed by atoms with Crippen LogP contribution < -0.4 is 5.73 Å². The van der Waals surface area contributed by atoms with E-state index in [2.05, 4.69) is 58.9 Å². The van der Waals surface area contributed by atoms with Gasteiger partial charge in [-0.3, -0.25) is 0 Å². The molecule has 0 radical (unpaired) electrons. The number of benzene rings is 1. The van der Waals surface area contributed by atoms with Gasteiger partial charge in [-0.15, -0.1) is 10.2 Å². The molecular weight excluding hydrogens is 268 g/mol. The van der Waals surface area contributed by atoms with Crippen molar-refractivity contribution >= 4 is 11.8 Å². The predicted molar refractivity (Wildman–Crippen MR) is 81.7 cm³/mol. The zero-order chi connectivity index (χ0) is 14.1. The van der Waals surface area contributed by atoms with E-state index in [-0.39, 0.29) is 0 Å². The second-order valence-corrected chi connectivity index (χ2v) is 6.68. The fourth-order valence-corrected chi connectivity index (χ4v) is 3.95. The van der Waals surface area contributed by atoms with E-state index in [0.29, 0.717) is 23.8 Å². The van der Waals surface area contributed by atoms with E-state index in [1.807, 2.05) is 11.8 Å². The van der Waals surface area contributed by atoms with Crippen LogP contribution in [0.5, 0.6) is 0 Å². The molecule has 3 rings (SSSR count). The van der Waals surface area contributed by atoms with Crippen LogP contribution in [0.3, 0.4) is 0 Å². The number of hydrogen-bond donors (Lipinski definition) is 1. The lowest BCUT2D eigenvalue weighted by Gasteiger charge is -2.12. The predicted octanol–water partition coefficient (Wildman–Crippen LogP) is 2.97. The highest BCUT2D eigenvalue weighted by molar-refractivity contribution is 8.00. The van der Waals surface area contributed by atoms with Gasteiger partial charge in [-0.05, 0) is 31.7 Å². The number of nitrogens with zero attached hydrogens (tertiary/aromatic N) is 3. The SMILES string of the molecule is CC(C)n1c(CN)nnc1SC1CC1c1ccccc1. The van der Waals surface area contributed by atoms with E-state index in [0.717, 1.165) is 11.0 Å². The summed E-state index contributed by atoms with van der Waals surface area (Å²) in [5.74, 6) is 1.53. The molecule has 20 heavy (non-hydrogen) atoms. The summed E-state index contributed by atoms with van der Waals surface area (Å²) in [7, 11) is 0. The third kappa shape index (κ3) is 2.60. The van der Waals surface area contributed by atoms with Crippen LogP contribution in [0.1, 0.15) is 43.6 Å². The Morgan fingerprint density at radius 2 is 2.05 bits per heavy atom. The van der Waals surface area contributed by atoms with Gasteiger partial charge in [0.25, 0.3) is 0 Å². The first-order chi connectivity index (χ1) is 9.70. The maximum Gasteiger partial charge on any atom is 0.191 e. The Balaban J connectivity index is 1.73. The average Bonchev–Trinajstić information content (AvgIpc) is 3.09. The molecule has 4 nitrogen and oxygen atoms in total. The molecule has 5 heteroatoms. The van der Waals surface area contributed by atoms with Crippen LogP contribution in [0.15, 0.2) is 35.5 Å². The molecule has 1 aromatic carbocycles. The van der Waals surface area contributed by atoms with Crippen LogP contribution in [-0.2, 0) is 6.54 Å². The minimum absolute atomic E-state index is 0.347. The first-order valence-electron chi connectivity index (χ1n) is 7.06. The molecule has 0 spiro atoms. The molecule has 1 fully saturated rings. The normalized spacial score (nSPS) is 21.4. The van der Waals surface area contributed by atoms with Crippen molar-refractivity contribution < 1.29 is 0 Å². The van der Waals surface area contributed by atoms with Crippen LogP contribution in [0.2, 0.25) is 0 Å². The van der Waals surface area contributed by atoms with Crippen LogP contribution in [0.25, 0.3) is 0 Å². The van der Waals surface area contributed by atoms with E-state index in [1.165, 1.54) is 12.0 Å². The molecule has 1 aromatic heterocycles. The second-order valence-electron chi connectivity index (χ2n) is 5.48. The zero-order valence-electron chi connectivity index (χ0n) is 11.9. The summed E-state index contributed by atoms with van der Waals surface area (Å²) in [6, 6.07) is 11.1. The van der Waals surface area contributed by atoms with Crippen molar-refractivity contribution in [3.05, 3.63) is 41.7 Å². The molecule has 0 saturated heterocycles. The number of nitrogens with two attached hydrogens (primary N) is 1. The summed E-state index contributed by atoms with van der Waals surface area (Å²) >= 11 is 1.84. The molecular formula is C15H20N4S. The molecule has 2 aromatic rings. The lowest BCUT2D eigenvalue weighted by atomic mass is 10.1. The van der Waals surface area contributed by atoms with Crippen molar-refractivity contribution in [1.82, 2.24) is 14.8 Å². The third-order valence-corrected chi connectivity index (χ3v) is 4.96. The molecule has 2 unspecified atom stereocenters. The highest BCUT2D eigenvalue weighted by atomic mass is 32.2. The fraction of sp³-hybridized carbons (Fsp3) is 0.467. The summed E-state index contributed by atoms with van der Waals surface area (Å²) in [6.07, 6.45) is 1.22. The molecule has 0 amide bonds. The van der Waals surface area contributed by atoms with E-state index in [4.69, 9.17) is 5.73 Å². The van der Waals surface area contributed by atoms with Gasteiger partial charge in [-0.1, -0.05) is 42.1 Å². The monoisotopic (exact) mass is 288 g/mol. The first kappa shape index (κ1) is 13.6. The summed E-state index contributed by atoms with van der Waals surface area (Å²) < 4.78 is 2.16. The van der Waals surface area contributed by atoms with Gasteiger partial charge in [-0.2, -0.15) is 0 Å². The molecule has 2 atom stereocenters. The lowest BCUT2D eigenvalue weighted by molar-refractivity contribution is 0.526. The van der Waals surface area contributed by atoms with Crippen LogP contribution in [0.4, 0.5) is 0 Å². The second kappa shape index (κ2) is 5.58. The molecule has 0 aliphatic heterocycles. The standard InChI is InChI=1S/C15H20N4S/c1-10(2)19-14(9-16)17-18-15(19)20-13-8-12(13)11-6-4-3-5-7-11/h3-7,10,12-13H,8-9,16H2,1-2H3. The van der Waals surface area contributed by atoms with Crippen LogP contribution in [0, 0.1) is 0 Å². The number of aromatic nitrogens is 3. The van der Waals surface area contributed by atoms with Gasteiger partial charge in [-0.25, -0.2) is 0 Å². The topological polar surface area (TPSA) is 56.7 Å². The van der Waals surface area contributed by atoms with E-state index < -0.39 is 0 Å². The first-order valence-corrected chi connectivity index (χ1v) is 7.94. The van der Waals surface area contributed by atoms with Gasteiger partial charge < -0.3 is 10.3 Å². The molecule has 1 aliphatic carbocycles. The minimum atomic E-state index is 0.347. The molecule has 2 N–H and O–H groups in total. The zero-order valence-corrected chi connectivity index (χ0v) is 12.7. The van der Waals surface area contributed by atoms with Gasteiger partial charge in [0.15, 0.2) is 5.16 Å². The van der Waals surface area contributed by atoms with Gasteiger partial charge in [0.1, 0.15) is 5.82 Å². The Kier molecular flexibility index (Phi) is 3.81. The molecule has 1 heterocycles. The summed E-state index contributed by atoms with van der Waals surface area (Å²) in [5, 5.41) is 10.1. The molecule has 1 aliphatic rings. The Bertz CT molecular complexity index is 579. The Labute approximate surface area is 123 Å².